The summed E-state index contributed by atoms with van der Waals surface area (Å²) in [6.45, 7) is 1.73. The quantitative estimate of drug-likeness (QED) is 0.511. The maximum Gasteiger partial charge on any atom is 0.305 e. The largest absolute Gasteiger partial charge is 0.463 e. The van der Waals surface area contributed by atoms with E-state index < -0.39 is 0 Å². The lowest BCUT2D eigenvalue weighted by Gasteiger charge is -1.96. The average molecular weight is 136 g/mol. The van der Waals surface area contributed by atoms with Gasteiger partial charge in [0.1, 0.15) is 6.61 Å². The van der Waals surface area contributed by atoms with Crippen molar-refractivity contribution >= 4 is 5.97 Å². The third kappa shape index (κ3) is 7.39. The fourth-order valence-corrected chi connectivity index (χ4v) is 0.262. The molecule has 0 spiro atoms. The Bertz CT molecular complexity index is 71.4. The van der Waals surface area contributed by atoms with Crippen LogP contribution in [0.1, 0.15) is 13.3 Å². The highest BCUT2D eigenvalue weighted by molar-refractivity contribution is 5.68. The van der Waals surface area contributed by atoms with E-state index in [1.807, 2.05) is 0 Å². The Balaban J connectivity index is 0. The van der Waals surface area contributed by atoms with Crippen LogP contribution in [0.2, 0.25) is 0 Å². The molecule has 4 nitrogen and oxygen atoms in total. The summed E-state index contributed by atoms with van der Waals surface area (Å²) in [6.07, 6.45) is 0.375. The van der Waals surface area contributed by atoms with Crippen LogP contribution >= 0.6 is 0 Å². The zero-order chi connectivity index (χ0) is 6.41. The fourth-order valence-electron chi connectivity index (χ4n) is 0.262. The summed E-state index contributed by atoms with van der Waals surface area (Å²) in [7, 11) is 0. The van der Waals surface area contributed by atoms with Gasteiger partial charge in [-0.05, 0) is 0 Å². The number of aliphatic hydroxyl groups excluding tert-OH is 1. The summed E-state index contributed by atoms with van der Waals surface area (Å²) in [6, 6.07) is 0. The van der Waals surface area contributed by atoms with Crippen molar-refractivity contribution in [2.45, 2.75) is 13.3 Å². The third-order valence-electron chi connectivity index (χ3n) is 0.643. The monoisotopic (exact) mass is 136 g/mol. The van der Waals surface area contributed by atoms with Crippen LogP contribution in [-0.4, -0.2) is 29.8 Å². The van der Waals surface area contributed by atoms with Gasteiger partial charge in [-0.3, -0.25) is 4.79 Å². The summed E-state index contributed by atoms with van der Waals surface area (Å²) in [4.78, 5) is 10.2. The van der Waals surface area contributed by atoms with Gasteiger partial charge in [0.25, 0.3) is 0 Å². The molecule has 0 atom stereocenters. The Labute approximate surface area is 53.7 Å². The van der Waals surface area contributed by atoms with E-state index >= 15 is 0 Å². The van der Waals surface area contributed by atoms with E-state index in [0.29, 0.717) is 6.42 Å². The zero-order valence-electron chi connectivity index (χ0n) is 5.39. The molecule has 0 rings (SSSR count). The van der Waals surface area contributed by atoms with Crippen LogP contribution < -0.4 is 0 Å². The molecule has 0 amide bonds. The lowest BCUT2D eigenvalue weighted by molar-refractivity contribution is -0.144. The highest BCUT2D eigenvalue weighted by atomic mass is 16.5. The molecule has 0 aromatic rings. The Morgan fingerprint density at radius 1 is 1.67 bits per heavy atom. The van der Waals surface area contributed by atoms with Crippen molar-refractivity contribution in [3.8, 4) is 0 Å². The normalized spacial score (nSPS) is 7.78. The molecule has 0 aliphatic heterocycles. The molecule has 56 valence electrons. The smallest absolute Gasteiger partial charge is 0.305 e. The van der Waals surface area contributed by atoms with Crippen molar-refractivity contribution in [1.82, 2.24) is 0 Å². The first-order chi connectivity index (χ1) is 3.81. The van der Waals surface area contributed by atoms with Gasteiger partial charge in [0.05, 0.1) is 6.61 Å². The van der Waals surface area contributed by atoms with Crippen molar-refractivity contribution in [1.29, 1.82) is 0 Å². The van der Waals surface area contributed by atoms with Gasteiger partial charge >= 0.3 is 5.97 Å². The Kier molecular flexibility index (Phi) is 9.21. The molecule has 0 fully saturated rings. The molecular formula is C5H12O4. The van der Waals surface area contributed by atoms with E-state index in [4.69, 9.17) is 5.11 Å². The molecule has 3 N–H and O–H groups in total. The van der Waals surface area contributed by atoms with Gasteiger partial charge in [0.15, 0.2) is 0 Å². The minimum Gasteiger partial charge on any atom is -0.463 e. The van der Waals surface area contributed by atoms with Gasteiger partial charge in [-0.1, -0.05) is 6.92 Å². The van der Waals surface area contributed by atoms with Crippen LogP contribution in [0.15, 0.2) is 0 Å². The summed E-state index contributed by atoms with van der Waals surface area (Å²) in [5, 5.41) is 8.13. The minimum absolute atomic E-state index is 0. The molecule has 0 unspecified atom stereocenters. The van der Waals surface area contributed by atoms with E-state index in [1.54, 1.807) is 6.92 Å². The molecule has 0 saturated carbocycles. The number of aliphatic hydroxyl groups is 1. The SMILES string of the molecule is CCC(=O)OCCO.O. The third-order valence-corrected chi connectivity index (χ3v) is 0.643. The first-order valence-corrected chi connectivity index (χ1v) is 2.57. The van der Waals surface area contributed by atoms with Gasteiger partial charge in [0.2, 0.25) is 0 Å². The number of ether oxygens (including phenoxy) is 1. The van der Waals surface area contributed by atoms with Crippen molar-refractivity contribution < 1.29 is 20.1 Å². The van der Waals surface area contributed by atoms with E-state index in [-0.39, 0.29) is 24.7 Å². The van der Waals surface area contributed by atoms with Crippen LogP contribution in [0.25, 0.3) is 0 Å². The molecule has 9 heavy (non-hydrogen) atoms. The minimum atomic E-state index is -0.265. The average Bonchev–Trinajstić information content (AvgIpc) is 1.83. The number of hydrogen-bond donors (Lipinski definition) is 1. The molecule has 0 heterocycles. The van der Waals surface area contributed by atoms with Crippen molar-refractivity contribution in [3.63, 3.8) is 0 Å². The molecule has 0 aromatic heterocycles. The maximum absolute atomic E-state index is 10.2. The summed E-state index contributed by atoms with van der Waals surface area (Å²) in [5.41, 5.74) is 0. The predicted octanol–water partition coefficient (Wildman–Crippen LogP) is -0.893. The Hall–Kier alpha value is -0.610. The number of hydrogen-bond acceptors (Lipinski definition) is 3. The van der Waals surface area contributed by atoms with Crippen molar-refractivity contribution in [2.24, 2.45) is 0 Å². The standard InChI is InChI=1S/C5H10O3.H2O/c1-2-5(7)8-4-3-6;/h6H,2-4H2,1H3;1H2. The van der Waals surface area contributed by atoms with Crippen LogP contribution in [0.3, 0.4) is 0 Å². The summed E-state index contributed by atoms with van der Waals surface area (Å²) in [5.74, 6) is -0.265. The van der Waals surface area contributed by atoms with Crippen LogP contribution in [-0.2, 0) is 9.53 Å². The second kappa shape index (κ2) is 7.39. The highest BCUT2D eigenvalue weighted by Crippen LogP contribution is 1.81. The maximum atomic E-state index is 10.2. The van der Waals surface area contributed by atoms with Gasteiger partial charge in [0, 0.05) is 6.42 Å². The molecular weight excluding hydrogens is 124 g/mol. The lowest BCUT2D eigenvalue weighted by atomic mass is 10.5. The molecule has 0 aliphatic rings. The second-order valence-corrected chi connectivity index (χ2v) is 1.30. The zero-order valence-corrected chi connectivity index (χ0v) is 5.39. The van der Waals surface area contributed by atoms with Crippen LogP contribution in [0.4, 0.5) is 0 Å². The Morgan fingerprint density at radius 2 is 2.22 bits per heavy atom. The topological polar surface area (TPSA) is 78.0 Å². The van der Waals surface area contributed by atoms with Crippen LogP contribution in [0, 0.1) is 0 Å². The van der Waals surface area contributed by atoms with E-state index in [9.17, 15) is 4.79 Å². The van der Waals surface area contributed by atoms with Gasteiger partial charge in [-0.25, -0.2) is 0 Å². The Morgan fingerprint density at radius 3 is 2.56 bits per heavy atom. The summed E-state index contributed by atoms with van der Waals surface area (Å²) >= 11 is 0. The number of rotatable bonds is 3. The van der Waals surface area contributed by atoms with Gasteiger partial charge in [-0.2, -0.15) is 0 Å². The number of carbonyl (C=O) groups is 1. The van der Waals surface area contributed by atoms with Gasteiger partial charge in [-0.15, -0.1) is 0 Å². The first-order valence-electron chi connectivity index (χ1n) is 2.57. The predicted molar refractivity (Wildman–Crippen MR) is 31.9 cm³/mol. The highest BCUT2D eigenvalue weighted by Gasteiger charge is 1.93. The molecule has 0 aromatic carbocycles. The van der Waals surface area contributed by atoms with E-state index in [1.165, 1.54) is 0 Å². The molecule has 0 aliphatic carbocycles. The van der Waals surface area contributed by atoms with Crippen LogP contribution in [0.5, 0.6) is 0 Å². The van der Waals surface area contributed by atoms with E-state index in [2.05, 4.69) is 4.74 Å². The summed E-state index contributed by atoms with van der Waals surface area (Å²) < 4.78 is 4.45. The lowest BCUT2D eigenvalue weighted by Crippen LogP contribution is -2.06. The number of esters is 1. The molecule has 0 saturated heterocycles. The molecule has 0 radical (unpaired) electrons. The number of carbonyl (C=O) groups excluding carboxylic acids is 1. The molecule has 0 bridgehead atoms. The second-order valence-electron chi connectivity index (χ2n) is 1.30. The van der Waals surface area contributed by atoms with Gasteiger partial charge < -0.3 is 15.3 Å². The fraction of sp³-hybridized carbons (Fsp3) is 0.800. The van der Waals surface area contributed by atoms with Crippen molar-refractivity contribution in [2.75, 3.05) is 13.2 Å². The first kappa shape index (κ1) is 11.2. The van der Waals surface area contributed by atoms with E-state index in [0.717, 1.165) is 0 Å². The van der Waals surface area contributed by atoms with Crippen molar-refractivity contribution in [3.05, 3.63) is 0 Å². The molecule has 4 heteroatoms.